The van der Waals surface area contributed by atoms with Gasteiger partial charge >= 0.3 is 0 Å². The summed E-state index contributed by atoms with van der Waals surface area (Å²) in [6.45, 7) is -0.690. The van der Waals surface area contributed by atoms with Crippen LogP contribution in [0.5, 0.6) is 0 Å². The smallest absolute Gasteiger partial charge is 0.261 e. The Bertz CT molecular complexity index is 441. The van der Waals surface area contributed by atoms with Crippen molar-refractivity contribution >= 4 is 11.6 Å². The fraction of sp³-hybridized carbons (Fsp3) is 0.308. The van der Waals surface area contributed by atoms with Crippen LogP contribution in [0.15, 0.2) is 24.3 Å². The number of anilines is 1. The third-order valence-corrected chi connectivity index (χ3v) is 2.03. The first-order chi connectivity index (χ1) is 8.61. The molecule has 1 aromatic rings. The molecular weight excluding hydrogens is 240 g/mol. The molecular formula is C13H13F2NO2. The molecule has 0 aromatic heterocycles. The summed E-state index contributed by atoms with van der Waals surface area (Å²) in [6.07, 6.45) is 2.73. The highest BCUT2D eigenvalue weighted by molar-refractivity contribution is 5.90. The lowest BCUT2D eigenvalue weighted by molar-refractivity contribution is -0.117. The molecule has 0 unspecified atom stereocenters. The van der Waals surface area contributed by atoms with Crippen molar-refractivity contribution in [2.45, 2.75) is 12.8 Å². The third-order valence-electron chi connectivity index (χ3n) is 2.03. The molecule has 0 atom stereocenters. The Kier molecular flexibility index (Phi) is 5.81. The van der Waals surface area contributed by atoms with Gasteiger partial charge in [0.05, 0.1) is 13.0 Å². The van der Waals surface area contributed by atoms with Gasteiger partial charge in [0.15, 0.2) is 0 Å². The molecule has 0 saturated heterocycles. The molecule has 3 nitrogen and oxygen atoms in total. The Hall–Kier alpha value is -1.93. The minimum Gasteiger partial charge on any atom is -0.375 e. The highest BCUT2D eigenvalue weighted by Gasteiger charge is 2.05. The molecule has 0 saturated carbocycles. The molecule has 0 fully saturated rings. The predicted molar refractivity (Wildman–Crippen MR) is 64.4 cm³/mol. The van der Waals surface area contributed by atoms with E-state index >= 15 is 0 Å². The van der Waals surface area contributed by atoms with Crippen molar-refractivity contribution in [2.24, 2.45) is 0 Å². The van der Waals surface area contributed by atoms with E-state index in [0.717, 1.165) is 0 Å². The lowest BCUT2D eigenvalue weighted by Crippen LogP contribution is -2.15. The molecule has 1 amide bonds. The number of ether oxygens (including phenoxy) is 1. The molecule has 1 rings (SSSR count). The summed E-state index contributed by atoms with van der Waals surface area (Å²) in [7, 11) is 0. The Morgan fingerprint density at radius 2 is 2.28 bits per heavy atom. The Labute approximate surface area is 104 Å². The van der Waals surface area contributed by atoms with Crippen LogP contribution in [0.1, 0.15) is 12.0 Å². The summed E-state index contributed by atoms with van der Waals surface area (Å²) >= 11 is 0. The van der Waals surface area contributed by atoms with E-state index in [9.17, 15) is 13.6 Å². The number of hydrogen-bond donors (Lipinski definition) is 1. The van der Waals surface area contributed by atoms with E-state index in [4.69, 9.17) is 6.42 Å². The van der Waals surface area contributed by atoms with Crippen LogP contribution in [0, 0.1) is 12.3 Å². The second kappa shape index (κ2) is 7.41. The van der Waals surface area contributed by atoms with Gasteiger partial charge in [0.1, 0.15) is 6.61 Å². The number of rotatable bonds is 6. The second-order valence-electron chi connectivity index (χ2n) is 3.49. The molecule has 96 valence electrons. The number of benzene rings is 1. The van der Waals surface area contributed by atoms with Crippen LogP contribution in [0.25, 0.3) is 0 Å². The molecule has 1 aromatic carbocycles. The van der Waals surface area contributed by atoms with Gasteiger partial charge in [-0.3, -0.25) is 4.79 Å². The molecule has 0 spiro atoms. The highest BCUT2D eigenvalue weighted by Crippen LogP contribution is 2.09. The molecule has 0 aliphatic rings. The van der Waals surface area contributed by atoms with Crippen LogP contribution in [-0.4, -0.2) is 25.5 Å². The molecule has 0 heterocycles. The van der Waals surface area contributed by atoms with Gasteiger partial charge in [-0.25, -0.2) is 8.78 Å². The fourth-order valence-corrected chi connectivity index (χ4v) is 1.25. The summed E-state index contributed by atoms with van der Waals surface area (Å²) in [5, 5.41) is 2.60. The van der Waals surface area contributed by atoms with Gasteiger partial charge in [0.2, 0.25) is 5.91 Å². The van der Waals surface area contributed by atoms with Crippen LogP contribution in [0.4, 0.5) is 14.5 Å². The van der Waals surface area contributed by atoms with Crippen molar-refractivity contribution in [1.82, 2.24) is 0 Å². The summed E-state index contributed by atoms with van der Waals surface area (Å²) < 4.78 is 28.1. The first-order valence-corrected chi connectivity index (χ1v) is 5.34. The van der Waals surface area contributed by atoms with Crippen molar-refractivity contribution < 1.29 is 18.3 Å². The second-order valence-corrected chi connectivity index (χ2v) is 3.49. The van der Waals surface area contributed by atoms with E-state index in [1.807, 2.05) is 0 Å². The number of carbonyl (C=O) groups is 1. The number of terminal acetylenes is 1. The van der Waals surface area contributed by atoms with Gasteiger partial charge < -0.3 is 10.1 Å². The SMILES string of the molecule is C#Cc1cccc(NC(=O)CCOCC(F)F)c1. The van der Waals surface area contributed by atoms with Crippen LogP contribution in [0.2, 0.25) is 0 Å². The molecule has 5 heteroatoms. The van der Waals surface area contributed by atoms with E-state index in [1.165, 1.54) is 0 Å². The molecule has 0 radical (unpaired) electrons. The van der Waals surface area contributed by atoms with Crippen LogP contribution in [0.3, 0.4) is 0 Å². The van der Waals surface area contributed by atoms with Crippen molar-refractivity contribution in [3.8, 4) is 12.3 Å². The monoisotopic (exact) mass is 253 g/mol. The minimum atomic E-state index is -2.51. The van der Waals surface area contributed by atoms with Gasteiger partial charge in [0, 0.05) is 11.3 Å². The number of alkyl halides is 2. The van der Waals surface area contributed by atoms with E-state index < -0.39 is 13.0 Å². The van der Waals surface area contributed by atoms with Crippen molar-refractivity contribution in [2.75, 3.05) is 18.5 Å². The van der Waals surface area contributed by atoms with E-state index in [0.29, 0.717) is 11.3 Å². The lowest BCUT2D eigenvalue weighted by Gasteiger charge is -2.06. The number of hydrogen-bond acceptors (Lipinski definition) is 2. The van der Waals surface area contributed by atoms with Gasteiger partial charge in [-0.15, -0.1) is 6.42 Å². The largest absolute Gasteiger partial charge is 0.375 e. The zero-order chi connectivity index (χ0) is 13.4. The minimum absolute atomic E-state index is 0.0208. The molecule has 0 aliphatic heterocycles. The van der Waals surface area contributed by atoms with E-state index in [-0.39, 0.29) is 18.9 Å². The Morgan fingerprint density at radius 3 is 2.94 bits per heavy atom. The quantitative estimate of drug-likeness (QED) is 0.624. The lowest BCUT2D eigenvalue weighted by atomic mass is 10.2. The third kappa shape index (κ3) is 5.41. The Morgan fingerprint density at radius 1 is 1.50 bits per heavy atom. The van der Waals surface area contributed by atoms with Crippen LogP contribution >= 0.6 is 0 Å². The maximum atomic E-state index is 11.7. The maximum absolute atomic E-state index is 11.7. The standard InChI is InChI=1S/C13H13F2NO2/c1-2-10-4-3-5-11(8-10)16-13(17)6-7-18-9-12(14)15/h1,3-5,8,12H,6-7,9H2,(H,16,17). The number of carbonyl (C=O) groups excluding carboxylic acids is 1. The van der Waals surface area contributed by atoms with E-state index in [1.54, 1.807) is 24.3 Å². The maximum Gasteiger partial charge on any atom is 0.261 e. The fourth-order valence-electron chi connectivity index (χ4n) is 1.25. The summed E-state index contributed by atoms with van der Waals surface area (Å²) in [5.41, 5.74) is 1.23. The van der Waals surface area contributed by atoms with Gasteiger partial charge in [-0.2, -0.15) is 0 Å². The number of nitrogens with one attached hydrogen (secondary N) is 1. The predicted octanol–water partition coefficient (Wildman–Crippen LogP) is 2.28. The van der Waals surface area contributed by atoms with Gasteiger partial charge in [-0.1, -0.05) is 12.0 Å². The van der Waals surface area contributed by atoms with Crippen LogP contribution in [-0.2, 0) is 9.53 Å². The van der Waals surface area contributed by atoms with Gasteiger partial charge in [0.25, 0.3) is 6.43 Å². The average Bonchev–Trinajstić information content (AvgIpc) is 2.34. The Balaban J connectivity index is 2.33. The topological polar surface area (TPSA) is 38.3 Å². The van der Waals surface area contributed by atoms with Gasteiger partial charge in [-0.05, 0) is 18.2 Å². The molecule has 0 aliphatic carbocycles. The first kappa shape index (κ1) is 14.1. The summed E-state index contributed by atoms with van der Waals surface area (Å²) in [6, 6.07) is 6.80. The first-order valence-electron chi connectivity index (χ1n) is 5.34. The number of amides is 1. The molecule has 0 bridgehead atoms. The zero-order valence-corrected chi connectivity index (χ0v) is 9.66. The zero-order valence-electron chi connectivity index (χ0n) is 9.66. The van der Waals surface area contributed by atoms with Crippen molar-refractivity contribution in [3.05, 3.63) is 29.8 Å². The number of halogens is 2. The van der Waals surface area contributed by atoms with Crippen LogP contribution < -0.4 is 5.32 Å². The molecule has 1 N–H and O–H groups in total. The van der Waals surface area contributed by atoms with Crippen molar-refractivity contribution in [3.63, 3.8) is 0 Å². The normalized spacial score (nSPS) is 10.1. The highest BCUT2D eigenvalue weighted by atomic mass is 19.3. The summed E-state index contributed by atoms with van der Waals surface area (Å²) in [4.78, 5) is 11.4. The van der Waals surface area contributed by atoms with Crippen molar-refractivity contribution in [1.29, 1.82) is 0 Å². The molecule has 18 heavy (non-hydrogen) atoms. The average molecular weight is 253 g/mol. The van der Waals surface area contributed by atoms with E-state index in [2.05, 4.69) is 16.0 Å². The summed E-state index contributed by atoms with van der Waals surface area (Å²) in [5.74, 6) is 2.14.